The molecule has 0 saturated carbocycles. The topological polar surface area (TPSA) is 93.1 Å². The van der Waals surface area contributed by atoms with Crippen molar-refractivity contribution in [2.45, 2.75) is 59.4 Å². The van der Waals surface area contributed by atoms with Crippen molar-refractivity contribution in [1.29, 1.82) is 0 Å². The maximum Gasteiger partial charge on any atom is 0.220 e. The Hall–Kier alpha value is -2.19. The zero-order valence-electron chi connectivity index (χ0n) is 17.9. The summed E-state index contributed by atoms with van der Waals surface area (Å²) >= 11 is 0. The number of nitrogens with one attached hydrogen (secondary N) is 2. The number of nitrogens with zero attached hydrogens (tertiary/aromatic N) is 2. The van der Waals surface area contributed by atoms with E-state index in [1.165, 1.54) is 7.05 Å². The SMILES string of the molecule is CNS(=O)(=O)Cc1ccc(CNC(=O)CCc2c(C)nn(CC(C)C)c2C)cc1. The van der Waals surface area contributed by atoms with Gasteiger partial charge in [0, 0.05) is 25.2 Å². The Balaban J connectivity index is 1.85. The van der Waals surface area contributed by atoms with Crippen LogP contribution in [0.15, 0.2) is 24.3 Å². The maximum atomic E-state index is 12.3. The second-order valence-electron chi connectivity index (χ2n) is 7.78. The molecule has 0 aliphatic rings. The summed E-state index contributed by atoms with van der Waals surface area (Å²) in [6.07, 6.45) is 1.08. The highest BCUT2D eigenvalue weighted by atomic mass is 32.2. The minimum absolute atomic E-state index is 0.0118. The first-order valence-electron chi connectivity index (χ1n) is 9.90. The molecule has 0 spiro atoms. The molecule has 29 heavy (non-hydrogen) atoms. The van der Waals surface area contributed by atoms with Gasteiger partial charge in [-0.25, -0.2) is 13.1 Å². The average molecular weight is 421 g/mol. The third-order valence-corrected chi connectivity index (χ3v) is 6.19. The lowest BCUT2D eigenvalue weighted by molar-refractivity contribution is -0.121. The van der Waals surface area contributed by atoms with E-state index in [1.54, 1.807) is 12.1 Å². The molecular weight excluding hydrogens is 388 g/mol. The molecule has 0 saturated heterocycles. The van der Waals surface area contributed by atoms with Crippen molar-refractivity contribution < 1.29 is 13.2 Å². The van der Waals surface area contributed by atoms with Gasteiger partial charge in [-0.3, -0.25) is 9.48 Å². The molecule has 0 atom stereocenters. The summed E-state index contributed by atoms with van der Waals surface area (Å²) in [5, 5.41) is 7.53. The predicted octanol–water partition coefficient (Wildman–Crippen LogP) is 2.45. The lowest BCUT2D eigenvalue weighted by atomic mass is 10.1. The van der Waals surface area contributed by atoms with E-state index in [1.807, 2.05) is 23.7 Å². The lowest BCUT2D eigenvalue weighted by Crippen LogP contribution is -2.23. The van der Waals surface area contributed by atoms with Crippen LogP contribution in [-0.2, 0) is 40.1 Å². The van der Waals surface area contributed by atoms with E-state index in [0.29, 0.717) is 30.9 Å². The van der Waals surface area contributed by atoms with Gasteiger partial charge >= 0.3 is 0 Å². The van der Waals surface area contributed by atoms with Crippen LogP contribution in [0.25, 0.3) is 0 Å². The second kappa shape index (κ2) is 10.0. The number of hydrogen-bond donors (Lipinski definition) is 2. The van der Waals surface area contributed by atoms with Crippen molar-refractivity contribution in [3.05, 3.63) is 52.3 Å². The van der Waals surface area contributed by atoms with Crippen molar-refractivity contribution in [3.8, 4) is 0 Å². The summed E-state index contributed by atoms with van der Waals surface area (Å²) in [6.45, 7) is 9.68. The molecule has 0 bridgehead atoms. The summed E-state index contributed by atoms with van der Waals surface area (Å²) in [6, 6.07) is 7.22. The van der Waals surface area contributed by atoms with Gasteiger partial charge in [-0.1, -0.05) is 38.1 Å². The van der Waals surface area contributed by atoms with Crippen molar-refractivity contribution in [1.82, 2.24) is 19.8 Å². The molecule has 0 radical (unpaired) electrons. The van der Waals surface area contributed by atoms with Gasteiger partial charge in [-0.2, -0.15) is 5.10 Å². The second-order valence-corrected chi connectivity index (χ2v) is 9.71. The van der Waals surface area contributed by atoms with Crippen LogP contribution in [0.3, 0.4) is 0 Å². The van der Waals surface area contributed by atoms with Gasteiger partial charge in [0.15, 0.2) is 0 Å². The third kappa shape index (κ3) is 6.97. The number of carbonyl (C=O) groups excluding carboxylic acids is 1. The minimum Gasteiger partial charge on any atom is -0.352 e. The van der Waals surface area contributed by atoms with Crippen LogP contribution in [0, 0.1) is 19.8 Å². The summed E-state index contributed by atoms with van der Waals surface area (Å²) < 4.78 is 27.5. The molecule has 7 nitrogen and oxygen atoms in total. The maximum absolute atomic E-state index is 12.3. The van der Waals surface area contributed by atoms with Crippen molar-refractivity contribution >= 4 is 15.9 Å². The first-order chi connectivity index (χ1) is 13.6. The smallest absolute Gasteiger partial charge is 0.220 e. The van der Waals surface area contributed by atoms with E-state index in [9.17, 15) is 13.2 Å². The first-order valence-corrected chi connectivity index (χ1v) is 11.5. The quantitative estimate of drug-likeness (QED) is 0.617. The van der Waals surface area contributed by atoms with Crippen LogP contribution in [0.5, 0.6) is 0 Å². The zero-order valence-corrected chi connectivity index (χ0v) is 18.8. The van der Waals surface area contributed by atoms with E-state index in [2.05, 4.69) is 35.9 Å². The molecule has 0 unspecified atom stereocenters. The molecule has 1 aromatic heterocycles. The molecule has 0 aliphatic carbocycles. The van der Waals surface area contributed by atoms with Crippen LogP contribution < -0.4 is 10.0 Å². The van der Waals surface area contributed by atoms with Gasteiger partial charge in [0.2, 0.25) is 15.9 Å². The van der Waals surface area contributed by atoms with Gasteiger partial charge < -0.3 is 5.32 Å². The van der Waals surface area contributed by atoms with Gasteiger partial charge in [-0.05, 0) is 49.9 Å². The highest BCUT2D eigenvalue weighted by Crippen LogP contribution is 2.16. The van der Waals surface area contributed by atoms with Crippen LogP contribution in [0.4, 0.5) is 0 Å². The lowest BCUT2D eigenvalue weighted by Gasteiger charge is -2.09. The Morgan fingerprint density at radius 1 is 1.14 bits per heavy atom. The van der Waals surface area contributed by atoms with Gasteiger partial charge in [-0.15, -0.1) is 0 Å². The van der Waals surface area contributed by atoms with Gasteiger partial charge in [0.05, 0.1) is 11.4 Å². The van der Waals surface area contributed by atoms with Gasteiger partial charge in [0.25, 0.3) is 0 Å². The number of aryl methyl sites for hydroxylation is 1. The molecule has 8 heteroatoms. The molecule has 2 N–H and O–H groups in total. The van der Waals surface area contributed by atoms with E-state index in [-0.39, 0.29) is 11.7 Å². The molecule has 1 aromatic carbocycles. The van der Waals surface area contributed by atoms with Crippen LogP contribution in [-0.4, -0.2) is 31.2 Å². The zero-order chi connectivity index (χ0) is 21.6. The number of carbonyl (C=O) groups is 1. The molecule has 2 aromatic rings. The monoisotopic (exact) mass is 420 g/mol. The fourth-order valence-corrected chi connectivity index (χ4v) is 3.97. The molecular formula is C21H32N4O3S. The van der Waals surface area contributed by atoms with E-state index in [4.69, 9.17) is 0 Å². The molecule has 2 rings (SSSR count). The van der Waals surface area contributed by atoms with E-state index < -0.39 is 10.0 Å². The number of rotatable bonds is 10. The van der Waals surface area contributed by atoms with Gasteiger partial charge in [0.1, 0.15) is 0 Å². The molecule has 160 valence electrons. The Kier molecular flexibility index (Phi) is 7.98. The number of hydrogen-bond acceptors (Lipinski definition) is 4. The standard InChI is InChI=1S/C21H32N4O3S/c1-15(2)13-25-17(4)20(16(3)24-25)10-11-21(26)23-12-18-6-8-19(9-7-18)14-29(27,28)22-5/h6-9,15,22H,10-14H2,1-5H3,(H,23,26). The molecule has 0 aliphatic heterocycles. The Bertz CT molecular complexity index is 932. The largest absolute Gasteiger partial charge is 0.352 e. The average Bonchev–Trinajstić information content (AvgIpc) is 2.91. The Morgan fingerprint density at radius 3 is 2.34 bits per heavy atom. The predicted molar refractivity (Wildman–Crippen MR) is 115 cm³/mol. The molecule has 1 amide bonds. The fourth-order valence-electron chi connectivity index (χ4n) is 3.19. The van der Waals surface area contributed by atoms with Crippen molar-refractivity contribution in [3.63, 3.8) is 0 Å². The van der Waals surface area contributed by atoms with Crippen LogP contribution >= 0.6 is 0 Å². The molecule has 0 fully saturated rings. The molecule has 1 heterocycles. The fraction of sp³-hybridized carbons (Fsp3) is 0.524. The number of benzene rings is 1. The van der Waals surface area contributed by atoms with Crippen molar-refractivity contribution in [2.75, 3.05) is 7.05 Å². The summed E-state index contributed by atoms with van der Waals surface area (Å²) in [4.78, 5) is 12.3. The number of amides is 1. The Morgan fingerprint density at radius 2 is 1.76 bits per heavy atom. The van der Waals surface area contributed by atoms with E-state index in [0.717, 1.165) is 29.1 Å². The normalized spacial score (nSPS) is 11.8. The highest BCUT2D eigenvalue weighted by molar-refractivity contribution is 7.88. The summed E-state index contributed by atoms with van der Waals surface area (Å²) in [7, 11) is -1.88. The Labute approximate surface area is 173 Å². The summed E-state index contributed by atoms with van der Waals surface area (Å²) in [5.74, 6) is 0.454. The highest BCUT2D eigenvalue weighted by Gasteiger charge is 2.14. The first kappa shape index (κ1) is 23.1. The third-order valence-electron chi connectivity index (χ3n) is 4.85. The van der Waals surface area contributed by atoms with Crippen LogP contribution in [0.1, 0.15) is 48.3 Å². The van der Waals surface area contributed by atoms with Crippen LogP contribution in [0.2, 0.25) is 0 Å². The van der Waals surface area contributed by atoms with Crippen molar-refractivity contribution in [2.24, 2.45) is 5.92 Å². The van der Waals surface area contributed by atoms with E-state index >= 15 is 0 Å². The number of aromatic nitrogens is 2. The minimum atomic E-state index is -3.28. The summed E-state index contributed by atoms with van der Waals surface area (Å²) in [5.41, 5.74) is 4.91. The number of sulfonamides is 1.